The van der Waals surface area contributed by atoms with Gasteiger partial charge < -0.3 is 20.1 Å². The lowest BCUT2D eigenvalue weighted by Gasteiger charge is -2.15. The lowest BCUT2D eigenvalue weighted by molar-refractivity contribution is -0.139. The predicted octanol–water partition coefficient (Wildman–Crippen LogP) is 0.601. The molecule has 0 saturated heterocycles. The molecule has 0 aliphatic rings. The molecule has 0 aliphatic heterocycles. The highest BCUT2D eigenvalue weighted by Crippen LogP contribution is 2.05. The van der Waals surface area contributed by atoms with Crippen LogP contribution < -0.4 is 10.9 Å². The van der Waals surface area contributed by atoms with E-state index in [0.29, 0.717) is 24.3 Å². The van der Waals surface area contributed by atoms with Gasteiger partial charge >= 0.3 is 5.97 Å². The van der Waals surface area contributed by atoms with Crippen LogP contribution in [0.25, 0.3) is 0 Å². The normalized spacial score (nSPS) is 12.0. The molecule has 1 aromatic heterocycles. The van der Waals surface area contributed by atoms with Crippen molar-refractivity contribution in [3.63, 3.8) is 0 Å². The number of aromatic nitrogens is 1. The summed E-state index contributed by atoms with van der Waals surface area (Å²) in [6.45, 7) is 3.75. The number of nitrogens with one attached hydrogen (secondary N) is 2. The standard InChI is InChI=1S/C14H20N2O5/c1-8-7-9(2)15-12(17)11(8)13(18)16-10(14(19)20)5-4-6-21-3/h7,10H,4-6H2,1-3H3,(H,15,17)(H,16,18)(H,19,20). The highest BCUT2D eigenvalue weighted by Gasteiger charge is 2.22. The van der Waals surface area contributed by atoms with Crippen LogP contribution in [0.15, 0.2) is 10.9 Å². The van der Waals surface area contributed by atoms with Crippen molar-refractivity contribution in [2.45, 2.75) is 32.7 Å². The molecule has 0 aromatic carbocycles. The molecule has 116 valence electrons. The molecule has 0 bridgehead atoms. The number of aryl methyl sites for hydroxylation is 2. The minimum atomic E-state index is -1.14. The third kappa shape index (κ3) is 4.71. The average Bonchev–Trinajstić information content (AvgIpc) is 2.36. The van der Waals surface area contributed by atoms with Gasteiger partial charge in [0.05, 0.1) is 0 Å². The van der Waals surface area contributed by atoms with Crippen LogP contribution in [-0.2, 0) is 9.53 Å². The second kappa shape index (κ2) is 7.58. The van der Waals surface area contributed by atoms with E-state index in [1.165, 1.54) is 7.11 Å². The molecule has 1 amide bonds. The smallest absolute Gasteiger partial charge is 0.326 e. The number of carboxylic acids is 1. The Morgan fingerprint density at radius 2 is 2.10 bits per heavy atom. The summed E-state index contributed by atoms with van der Waals surface area (Å²) in [4.78, 5) is 37.6. The Kier molecular flexibility index (Phi) is 6.10. The first kappa shape index (κ1) is 16.9. The fourth-order valence-electron chi connectivity index (χ4n) is 2.06. The zero-order valence-corrected chi connectivity index (χ0v) is 12.4. The molecule has 21 heavy (non-hydrogen) atoms. The molecule has 3 N–H and O–H groups in total. The minimum Gasteiger partial charge on any atom is -0.480 e. The molecule has 1 aromatic rings. The van der Waals surface area contributed by atoms with Crippen LogP contribution in [0.2, 0.25) is 0 Å². The number of pyridine rings is 1. The zero-order valence-electron chi connectivity index (χ0n) is 12.4. The zero-order chi connectivity index (χ0) is 16.0. The van der Waals surface area contributed by atoms with Gasteiger partial charge in [-0.1, -0.05) is 0 Å². The Hall–Kier alpha value is -2.15. The van der Waals surface area contributed by atoms with E-state index < -0.39 is 23.5 Å². The quantitative estimate of drug-likeness (QED) is 0.638. The number of carbonyl (C=O) groups excluding carboxylic acids is 1. The average molecular weight is 296 g/mol. The Morgan fingerprint density at radius 1 is 1.43 bits per heavy atom. The maximum atomic E-state index is 12.1. The summed E-state index contributed by atoms with van der Waals surface area (Å²) in [5.74, 6) is -1.82. The molecule has 0 radical (unpaired) electrons. The number of methoxy groups -OCH3 is 1. The van der Waals surface area contributed by atoms with Crippen LogP contribution in [-0.4, -0.2) is 41.7 Å². The first-order valence-electron chi connectivity index (χ1n) is 6.60. The van der Waals surface area contributed by atoms with Gasteiger partial charge in [0.15, 0.2) is 0 Å². The monoisotopic (exact) mass is 296 g/mol. The van der Waals surface area contributed by atoms with E-state index in [0.717, 1.165) is 0 Å². The summed E-state index contributed by atoms with van der Waals surface area (Å²) in [7, 11) is 1.52. The van der Waals surface area contributed by atoms with Gasteiger partial charge in [-0.05, 0) is 38.3 Å². The van der Waals surface area contributed by atoms with Crippen LogP contribution in [0.3, 0.4) is 0 Å². The number of hydrogen-bond acceptors (Lipinski definition) is 4. The van der Waals surface area contributed by atoms with Crippen molar-refractivity contribution in [2.75, 3.05) is 13.7 Å². The lowest BCUT2D eigenvalue weighted by Crippen LogP contribution is -2.43. The van der Waals surface area contributed by atoms with Gasteiger partial charge in [0.2, 0.25) is 0 Å². The minimum absolute atomic E-state index is 0.0569. The Balaban J connectivity index is 2.88. The number of H-pyrrole nitrogens is 1. The maximum absolute atomic E-state index is 12.1. The van der Waals surface area contributed by atoms with Gasteiger partial charge in [-0.25, -0.2) is 4.79 Å². The summed E-state index contributed by atoms with van der Waals surface area (Å²) < 4.78 is 4.85. The molecule has 0 saturated carbocycles. The van der Waals surface area contributed by atoms with E-state index in [1.807, 2.05) is 0 Å². The van der Waals surface area contributed by atoms with Crippen LogP contribution >= 0.6 is 0 Å². The fraction of sp³-hybridized carbons (Fsp3) is 0.500. The molecule has 1 heterocycles. The van der Waals surface area contributed by atoms with Crippen LogP contribution in [0.4, 0.5) is 0 Å². The number of ether oxygens (including phenoxy) is 1. The summed E-state index contributed by atoms with van der Waals surface area (Å²) in [6, 6.07) is 0.615. The van der Waals surface area contributed by atoms with E-state index in [2.05, 4.69) is 10.3 Å². The van der Waals surface area contributed by atoms with Crippen LogP contribution in [0.5, 0.6) is 0 Å². The highest BCUT2D eigenvalue weighted by molar-refractivity contribution is 5.97. The third-order valence-electron chi connectivity index (χ3n) is 3.04. The Morgan fingerprint density at radius 3 is 2.62 bits per heavy atom. The summed E-state index contributed by atoms with van der Waals surface area (Å²) in [5.41, 5.74) is 0.573. The van der Waals surface area contributed by atoms with Crippen molar-refractivity contribution in [1.29, 1.82) is 0 Å². The molecule has 0 aliphatic carbocycles. The SMILES string of the molecule is COCCCC(NC(=O)c1c(C)cc(C)[nH]c1=O)C(=O)O. The summed E-state index contributed by atoms with van der Waals surface area (Å²) >= 11 is 0. The molecule has 1 rings (SSSR count). The number of carbonyl (C=O) groups is 2. The first-order chi connectivity index (χ1) is 9.86. The Bertz CT molecular complexity index is 579. The van der Waals surface area contributed by atoms with Crippen molar-refractivity contribution >= 4 is 11.9 Å². The van der Waals surface area contributed by atoms with Gasteiger partial charge in [-0.2, -0.15) is 0 Å². The lowest BCUT2D eigenvalue weighted by atomic mass is 10.1. The number of aliphatic carboxylic acids is 1. The number of amides is 1. The van der Waals surface area contributed by atoms with Crippen molar-refractivity contribution in [2.24, 2.45) is 0 Å². The summed E-state index contributed by atoms with van der Waals surface area (Å²) in [6.07, 6.45) is 0.731. The second-order valence-electron chi connectivity index (χ2n) is 4.84. The van der Waals surface area contributed by atoms with Crippen LogP contribution in [0.1, 0.15) is 34.5 Å². The van der Waals surface area contributed by atoms with Gasteiger partial charge in [0.1, 0.15) is 11.6 Å². The van der Waals surface area contributed by atoms with E-state index in [1.54, 1.807) is 19.9 Å². The molecular weight excluding hydrogens is 276 g/mol. The molecule has 1 atom stereocenters. The number of aromatic amines is 1. The van der Waals surface area contributed by atoms with Crippen LogP contribution in [0, 0.1) is 13.8 Å². The van der Waals surface area contributed by atoms with E-state index in [-0.39, 0.29) is 12.0 Å². The number of carboxylic acid groups (broad SMARTS) is 1. The van der Waals surface area contributed by atoms with E-state index >= 15 is 0 Å². The number of hydrogen-bond donors (Lipinski definition) is 3. The molecule has 7 nitrogen and oxygen atoms in total. The molecular formula is C14H20N2O5. The summed E-state index contributed by atoms with van der Waals surface area (Å²) in [5, 5.41) is 11.5. The Labute approximate surface area is 122 Å². The van der Waals surface area contributed by atoms with Crippen molar-refractivity contribution in [3.8, 4) is 0 Å². The van der Waals surface area contributed by atoms with Crippen molar-refractivity contribution in [1.82, 2.24) is 10.3 Å². The molecule has 0 spiro atoms. The fourth-order valence-corrected chi connectivity index (χ4v) is 2.06. The van der Waals surface area contributed by atoms with E-state index in [9.17, 15) is 14.4 Å². The van der Waals surface area contributed by atoms with Crippen molar-refractivity contribution < 1.29 is 19.4 Å². The van der Waals surface area contributed by atoms with E-state index in [4.69, 9.17) is 9.84 Å². The van der Waals surface area contributed by atoms with Gasteiger partial charge in [-0.15, -0.1) is 0 Å². The van der Waals surface area contributed by atoms with Gasteiger partial charge in [0.25, 0.3) is 11.5 Å². The first-order valence-corrected chi connectivity index (χ1v) is 6.60. The topological polar surface area (TPSA) is 108 Å². The van der Waals surface area contributed by atoms with Gasteiger partial charge in [-0.3, -0.25) is 9.59 Å². The largest absolute Gasteiger partial charge is 0.480 e. The molecule has 7 heteroatoms. The number of rotatable bonds is 7. The third-order valence-corrected chi connectivity index (χ3v) is 3.04. The highest BCUT2D eigenvalue weighted by atomic mass is 16.5. The molecule has 0 fully saturated rings. The van der Waals surface area contributed by atoms with Gasteiger partial charge in [0, 0.05) is 19.4 Å². The second-order valence-corrected chi connectivity index (χ2v) is 4.84. The van der Waals surface area contributed by atoms with Crippen molar-refractivity contribution in [3.05, 3.63) is 33.2 Å². The molecule has 1 unspecified atom stereocenters. The maximum Gasteiger partial charge on any atom is 0.326 e. The predicted molar refractivity (Wildman–Crippen MR) is 76.5 cm³/mol.